The predicted molar refractivity (Wildman–Crippen MR) is 152 cm³/mol. The summed E-state index contributed by atoms with van der Waals surface area (Å²) < 4.78 is 18.7. The van der Waals surface area contributed by atoms with Crippen molar-refractivity contribution in [3.05, 3.63) is 12.2 Å². The van der Waals surface area contributed by atoms with E-state index in [4.69, 9.17) is 14.2 Å². The molecule has 1 spiro atoms. The van der Waals surface area contributed by atoms with E-state index in [1.165, 1.54) is 13.8 Å². The molecule has 0 amide bonds. The van der Waals surface area contributed by atoms with E-state index in [2.05, 4.69) is 53.7 Å². The number of carbonyl (C=O) groups excluding carboxylic acids is 2. The number of hydrogen-bond donors (Lipinski definition) is 1. The summed E-state index contributed by atoms with van der Waals surface area (Å²) in [6.45, 7) is 18.2. The van der Waals surface area contributed by atoms with Crippen LogP contribution >= 0.6 is 0 Å². The van der Waals surface area contributed by atoms with Crippen LogP contribution in [0.1, 0.15) is 107 Å². The lowest BCUT2D eigenvalue weighted by Crippen LogP contribution is -2.72. The molecule has 0 aromatic carbocycles. The zero-order valence-corrected chi connectivity index (χ0v) is 26.1. The average Bonchev–Trinajstić information content (AvgIpc) is 3.12. The smallest absolute Gasteiger partial charge is 0.302 e. The molecule has 2 bridgehead atoms. The molecule has 6 nitrogen and oxygen atoms in total. The van der Waals surface area contributed by atoms with Gasteiger partial charge in [-0.15, -0.1) is 0 Å². The molecule has 0 aromatic rings. The molecular weight excluding hydrogens is 504 g/mol. The summed E-state index contributed by atoms with van der Waals surface area (Å²) in [5.74, 6) is 0.263. The van der Waals surface area contributed by atoms with Crippen molar-refractivity contribution in [2.24, 2.45) is 50.2 Å². The minimum absolute atomic E-state index is 0.0659. The first kappa shape index (κ1) is 28.7. The summed E-state index contributed by atoms with van der Waals surface area (Å²) in [5.41, 5.74) is -1.04. The molecule has 1 aliphatic heterocycles. The van der Waals surface area contributed by atoms with Crippen molar-refractivity contribution >= 4 is 11.9 Å². The van der Waals surface area contributed by atoms with Gasteiger partial charge in [0.05, 0.1) is 18.3 Å². The number of carbonyl (C=O) groups is 2. The van der Waals surface area contributed by atoms with Crippen LogP contribution < -0.4 is 0 Å². The largest absolute Gasteiger partial charge is 0.465 e. The van der Waals surface area contributed by atoms with E-state index in [1.54, 1.807) is 0 Å². The van der Waals surface area contributed by atoms with Crippen molar-refractivity contribution < 1.29 is 28.9 Å². The van der Waals surface area contributed by atoms with Gasteiger partial charge >= 0.3 is 11.9 Å². The first-order chi connectivity index (χ1) is 18.5. The molecule has 6 rings (SSSR count). The molecule has 5 fully saturated rings. The molecular formula is C34H52O6. The molecule has 40 heavy (non-hydrogen) atoms. The highest BCUT2D eigenvalue weighted by Gasteiger charge is 2.79. The normalized spacial score (nSPS) is 53.9. The fraction of sp³-hybridized carbons (Fsp3) is 0.882. The standard InChI is InChI=1S/C34H52O6/c1-21(35)38-19-30(6)23-9-13-31(7)24(29(23,5)12-11-27(30)40-22(2)36)10-14-34-25-17-28(3,4)15-16-33(25,20-39-34)26(37)18-32(31,34)8/h10,14,23-27,37H,9,11-13,15-20H2,1-8H3/t23-,24-,25-,26-,27+,29+,30+,31-,32+,33-,34+/m1/s1. The van der Waals surface area contributed by atoms with Gasteiger partial charge in [0.15, 0.2) is 0 Å². The van der Waals surface area contributed by atoms with E-state index >= 15 is 0 Å². The Morgan fingerprint density at radius 3 is 2.33 bits per heavy atom. The Bertz CT molecular complexity index is 1130. The Morgan fingerprint density at radius 2 is 1.65 bits per heavy atom. The van der Waals surface area contributed by atoms with E-state index in [9.17, 15) is 14.7 Å². The van der Waals surface area contributed by atoms with E-state index in [0.717, 1.165) is 51.4 Å². The topological polar surface area (TPSA) is 82.1 Å². The monoisotopic (exact) mass is 556 g/mol. The molecule has 0 unspecified atom stereocenters. The molecule has 6 heteroatoms. The SMILES string of the molecule is CC(=O)OC[C@@]1(C)[C@@H]2CC[C@]3(C)[C@H](C=C[C@]45OC[C@@]6(CCC(C)(C)C[C@H]64)[C@H](O)C[C@]53C)[C@@]2(C)CC[C@@H]1OC(C)=O. The molecule has 1 saturated heterocycles. The second-order valence-electron chi connectivity index (χ2n) is 16.6. The maximum absolute atomic E-state index is 12.1. The van der Waals surface area contributed by atoms with Crippen LogP contribution in [-0.2, 0) is 23.8 Å². The van der Waals surface area contributed by atoms with Crippen LogP contribution in [0.3, 0.4) is 0 Å². The lowest BCUT2D eigenvalue weighted by Gasteiger charge is -2.73. The molecule has 1 N–H and O–H groups in total. The molecule has 1 heterocycles. The average molecular weight is 557 g/mol. The van der Waals surface area contributed by atoms with Gasteiger partial charge in [-0.25, -0.2) is 0 Å². The van der Waals surface area contributed by atoms with Gasteiger partial charge in [-0.05, 0) is 79.4 Å². The number of allylic oxidation sites excluding steroid dienone is 1. The van der Waals surface area contributed by atoms with Crippen LogP contribution in [0.15, 0.2) is 12.2 Å². The van der Waals surface area contributed by atoms with Crippen LogP contribution in [-0.4, -0.2) is 48.1 Å². The van der Waals surface area contributed by atoms with Gasteiger partial charge < -0.3 is 19.3 Å². The Kier molecular flexibility index (Phi) is 6.16. The van der Waals surface area contributed by atoms with E-state index in [1.807, 2.05) is 0 Å². The van der Waals surface area contributed by atoms with Gasteiger partial charge in [-0.1, -0.05) is 53.7 Å². The Hall–Kier alpha value is -1.40. The third-order valence-corrected chi connectivity index (χ3v) is 14.3. The van der Waals surface area contributed by atoms with E-state index in [-0.39, 0.29) is 75.3 Å². The number of rotatable bonds is 3. The van der Waals surface area contributed by atoms with Crippen LogP contribution in [0.4, 0.5) is 0 Å². The highest BCUT2D eigenvalue weighted by molar-refractivity contribution is 5.66. The van der Waals surface area contributed by atoms with E-state index in [0.29, 0.717) is 12.5 Å². The summed E-state index contributed by atoms with van der Waals surface area (Å²) in [6, 6.07) is 0. The fourth-order valence-electron chi connectivity index (χ4n) is 11.9. The fourth-order valence-corrected chi connectivity index (χ4v) is 11.9. The van der Waals surface area contributed by atoms with Crippen LogP contribution in [0.2, 0.25) is 0 Å². The first-order valence-electron chi connectivity index (χ1n) is 15.8. The lowest BCUT2D eigenvalue weighted by molar-refractivity contribution is -0.262. The highest BCUT2D eigenvalue weighted by Crippen LogP contribution is 2.79. The Morgan fingerprint density at radius 1 is 0.925 bits per heavy atom. The van der Waals surface area contributed by atoms with Gasteiger partial charge in [0.25, 0.3) is 0 Å². The predicted octanol–water partition coefficient (Wildman–Crippen LogP) is 6.24. The summed E-state index contributed by atoms with van der Waals surface area (Å²) in [4.78, 5) is 24.1. The molecule has 11 atom stereocenters. The zero-order valence-electron chi connectivity index (χ0n) is 26.1. The Balaban J connectivity index is 1.44. The van der Waals surface area contributed by atoms with Crippen molar-refractivity contribution in [2.45, 2.75) is 125 Å². The highest BCUT2D eigenvalue weighted by atomic mass is 16.6. The molecule has 0 radical (unpaired) electrons. The van der Waals surface area contributed by atoms with Crippen LogP contribution in [0.5, 0.6) is 0 Å². The van der Waals surface area contributed by atoms with Gasteiger partial charge in [0.1, 0.15) is 12.7 Å². The van der Waals surface area contributed by atoms with Gasteiger partial charge in [-0.3, -0.25) is 9.59 Å². The maximum atomic E-state index is 12.1. The number of aliphatic hydroxyl groups excluding tert-OH is 1. The second kappa shape index (κ2) is 8.58. The Labute approximate surface area is 241 Å². The molecule has 4 saturated carbocycles. The van der Waals surface area contributed by atoms with Gasteiger partial charge in [0.2, 0.25) is 0 Å². The van der Waals surface area contributed by atoms with Crippen molar-refractivity contribution in [3.8, 4) is 0 Å². The number of esters is 2. The van der Waals surface area contributed by atoms with Crippen molar-refractivity contribution in [1.82, 2.24) is 0 Å². The van der Waals surface area contributed by atoms with Crippen LogP contribution in [0.25, 0.3) is 0 Å². The summed E-state index contributed by atoms with van der Waals surface area (Å²) in [7, 11) is 0. The van der Waals surface area contributed by atoms with E-state index < -0.39 is 5.41 Å². The summed E-state index contributed by atoms with van der Waals surface area (Å²) in [5, 5.41) is 12.0. The third-order valence-electron chi connectivity index (χ3n) is 14.3. The zero-order chi connectivity index (χ0) is 29.1. The van der Waals surface area contributed by atoms with Gasteiger partial charge in [0, 0.05) is 36.0 Å². The maximum Gasteiger partial charge on any atom is 0.302 e. The lowest BCUT2D eigenvalue weighted by atomic mass is 9.32. The van der Waals surface area contributed by atoms with Crippen molar-refractivity contribution in [3.63, 3.8) is 0 Å². The second-order valence-corrected chi connectivity index (χ2v) is 16.6. The van der Waals surface area contributed by atoms with Gasteiger partial charge in [-0.2, -0.15) is 0 Å². The first-order valence-corrected chi connectivity index (χ1v) is 15.8. The van der Waals surface area contributed by atoms with Crippen LogP contribution in [0, 0.1) is 50.2 Å². The minimum atomic E-state index is -0.464. The molecule has 0 aromatic heterocycles. The number of hydrogen-bond acceptors (Lipinski definition) is 6. The summed E-state index contributed by atoms with van der Waals surface area (Å²) in [6.07, 6.45) is 12.1. The molecule has 224 valence electrons. The molecule has 5 aliphatic carbocycles. The third kappa shape index (κ3) is 3.41. The number of aliphatic hydroxyl groups is 1. The molecule has 6 aliphatic rings. The van der Waals surface area contributed by atoms with Crippen molar-refractivity contribution in [1.29, 1.82) is 0 Å². The number of fused-ring (bicyclic) bond motifs is 4. The number of ether oxygens (including phenoxy) is 3. The summed E-state index contributed by atoms with van der Waals surface area (Å²) >= 11 is 0. The minimum Gasteiger partial charge on any atom is -0.465 e. The van der Waals surface area contributed by atoms with Crippen molar-refractivity contribution in [2.75, 3.05) is 13.2 Å². The quantitative estimate of drug-likeness (QED) is 0.327.